The average molecular weight is 920 g/mol. The molecule has 4 atom stereocenters. The zero-order valence-corrected chi connectivity index (χ0v) is 34.9. The van der Waals surface area contributed by atoms with Crippen LogP contribution in [0.2, 0.25) is 0 Å². The van der Waals surface area contributed by atoms with Crippen molar-refractivity contribution in [2.75, 3.05) is 0 Å². The van der Waals surface area contributed by atoms with E-state index in [1.165, 1.54) is 38.1 Å². The van der Waals surface area contributed by atoms with E-state index < -0.39 is 122 Å². The zero-order chi connectivity index (χ0) is 45.8. The molecule has 3 aliphatic rings. The van der Waals surface area contributed by atoms with E-state index in [4.69, 9.17) is 19.9 Å². The number of allylic oxidation sites excluding steroid dienone is 1. The van der Waals surface area contributed by atoms with Crippen molar-refractivity contribution in [1.82, 2.24) is 19.9 Å². The second-order valence-corrected chi connectivity index (χ2v) is 16.0. The third-order valence-electron chi connectivity index (χ3n) is 11.6. The Morgan fingerprint density at radius 3 is 1.62 bits per heavy atom. The molecule has 0 fully saturated rings. The molecule has 0 radical (unpaired) electrons. The number of carboxylic acids is 8. The molecule has 0 unspecified atom stereocenters. The van der Waals surface area contributed by atoms with Crippen LogP contribution in [0.1, 0.15) is 135 Å². The Bertz CT molecular complexity index is 2490. The molecule has 0 saturated carbocycles. The number of hydrogen-bond acceptors (Lipinski definition) is 10. The Hall–Kier alpha value is -6.63. The van der Waals surface area contributed by atoms with Crippen LogP contribution in [-0.2, 0) is 78.5 Å². The number of aliphatic carboxylic acids is 8. The summed E-state index contributed by atoms with van der Waals surface area (Å²) in [5, 5.41) is 79.6. The maximum absolute atomic E-state index is 12.6. The summed E-state index contributed by atoms with van der Waals surface area (Å²) in [5.41, 5.74) is -2.57. The van der Waals surface area contributed by atoms with Crippen molar-refractivity contribution in [3.05, 3.63) is 69.6 Å². The summed E-state index contributed by atoms with van der Waals surface area (Å²) in [5.74, 6) is -12.2. The van der Waals surface area contributed by atoms with Crippen LogP contribution in [0.5, 0.6) is 0 Å². The van der Waals surface area contributed by atoms with Crippen molar-refractivity contribution in [1.29, 1.82) is 0 Å². The van der Waals surface area contributed by atoms with E-state index >= 15 is 0 Å². The second kappa shape index (κ2) is 19.6. The van der Waals surface area contributed by atoms with E-state index in [0.717, 1.165) is 0 Å². The molecule has 2 aromatic rings. The number of fused-ring (bicyclic) bond motifs is 8. The fraction of sp³-hybridized carbons (Fsp3) is 0.429. The van der Waals surface area contributed by atoms with Crippen LogP contribution >= 0.6 is 0 Å². The summed E-state index contributed by atoms with van der Waals surface area (Å²) in [6, 6.07) is 5.44. The van der Waals surface area contributed by atoms with Crippen LogP contribution in [0.15, 0.2) is 24.3 Å². The first-order valence-corrected chi connectivity index (χ1v) is 19.4. The largest absolute Gasteiger partial charge is 2.00 e. The fourth-order valence-electron chi connectivity index (χ4n) is 8.77. The van der Waals surface area contributed by atoms with Gasteiger partial charge < -0.3 is 50.8 Å². The maximum Gasteiger partial charge on any atom is 2.00 e. The van der Waals surface area contributed by atoms with Gasteiger partial charge in [0.1, 0.15) is 0 Å². The number of carboxylic acid groups (broad SMARTS) is 8. The quantitative estimate of drug-likeness (QED) is 0.0871. The number of carbonyl (C=O) groups is 8. The number of rotatable bonds is 20. The van der Waals surface area contributed by atoms with Crippen molar-refractivity contribution in [2.24, 2.45) is 0 Å². The first-order valence-electron chi connectivity index (χ1n) is 19.4. The van der Waals surface area contributed by atoms with E-state index in [0.29, 0.717) is 0 Å². The van der Waals surface area contributed by atoms with E-state index in [1.807, 2.05) is 0 Å². The van der Waals surface area contributed by atoms with Crippen LogP contribution in [0.4, 0.5) is 0 Å². The van der Waals surface area contributed by atoms with Gasteiger partial charge in [0.25, 0.3) is 0 Å². The third-order valence-corrected chi connectivity index (χ3v) is 11.6. The minimum atomic E-state index is -1.52. The monoisotopic (exact) mass is 918 g/mol. The molecule has 3 aliphatic heterocycles. The summed E-state index contributed by atoms with van der Waals surface area (Å²) in [6.45, 7) is 3.06. The van der Waals surface area contributed by atoms with E-state index in [9.17, 15) is 79.2 Å². The molecule has 0 saturated heterocycles. The molecule has 20 nitrogen and oxygen atoms in total. The SMILES string of the molecule is C[C@@]1(CC(=O)O)c2cc3[n-]c(cc4nc(cc5[n-]c(cc(n2)[C@H]1CCC(=O)O)[C@@](C)(CC(=O)O)[C@@H]5CCC(=O)O)C(CC(=O)O)=C4CCC(=O)O)c(CCC(=O)O)c3CC(=O)O.[Ni+2]. The van der Waals surface area contributed by atoms with Crippen LogP contribution in [-0.4, -0.2) is 98.6 Å². The van der Waals surface area contributed by atoms with E-state index in [2.05, 4.69) is 0 Å². The minimum absolute atomic E-state index is 0. The number of nitrogens with zero attached hydrogens (tertiary/aromatic N) is 4. The predicted octanol–water partition coefficient (Wildman–Crippen LogP) is 3.95. The molecule has 21 heteroatoms. The van der Waals surface area contributed by atoms with Gasteiger partial charge in [-0.2, -0.15) is 11.4 Å². The summed E-state index contributed by atoms with van der Waals surface area (Å²) in [4.78, 5) is 117. The van der Waals surface area contributed by atoms with Gasteiger partial charge in [-0.25, -0.2) is 4.98 Å². The van der Waals surface area contributed by atoms with Gasteiger partial charge in [-0.1, -0.05) is 43.7 Å². The molecule has 8 bridgehead atoms. The summed E-state index contributed by atoms with van der Waals surface area (Å²) < 4.78 is 0. The summed E-state index contributed by atoms with van der Waals surface area (Å²) >= 11 is 0. The van der Waals surface area contributed by atoms with Gasteiger partial charge >= 0.3 is 64.2 Å². The van der Waals surface area contributed by atoms with Gasteiger partial charge in [0.15, 0.2) is 0 Å². The van der Waals surface area contributed by atoms with Gasteiger partial charge in [0.2, 0.25) is 0 Å². The van der Waals surface area contributed by atoms with Gasteiger partial charge in [0, 0.05) is 48.4 Å². The number of aryl methyl sites for hydroxylation is 1. The number of hydrogen-bond donors (Lipinski definition) is 8. The Labute approximate surface area is 367 Å². The van der Waals surface area contributed by atoms with Crippen molar-refractivity contribution < 1.29 is 95.7 Å². The molecule has 0 spiro atoms. The van der Waals surface area contributed by atoms with E-state index in [1.54, 1.807) is 0 Å². The minimum Gasteiger partial charge on any atom is -0.664 e. The average Bonchev–Trinajstić information content (AvgIpc) is 3.77. The molecule has 0 amide bonds. The number of aromatic nitrogens is 4. The molecule has 5 rings (SSSR count). The molecule has 8 N–H and O–H groups in total. The van der Waals surface area contributed by atoms with Crippen LogP contribution in [0.25, 0.3) is 22.2 Å². The molecule has 63 heavy (non-hydrogen) atoms. The third kappa shape index (κ3) is 11.1. The van der Waals surface area contributed by atoms with Crippen LogP contribution in [0, 0.1) is 0 Å². The topological polar surface area (TPSA) is 352 Å². The van der Waals surface area contributed by atoms with Crippen molar-refractivity contribution in [3.63, 3.8) is 0 Å². The molecule has 0 aromatic carbocycles. The summed E-state index contributed by atoms with van der Waals surface area (Å²) in [7, 11) is 0. The summed E-state index contributed by atoms with van der Waals surface area (Å²) in [6.07, 6.45) is -5.51. The Morgan fingerprint density at radius 2 is 1.06 bits per heavy atom. The van der Waals surface area contributed by atoms with Gasteiger partial charge in [-0.3, -0.25) is 43.3 Å². The second-order valence-electron chi connectivity index (χ2n) is 16.0. The van der Waals surface area contributed by atoms with E-state index in [-0.39, 0.29) is 110 Å². The molecule has 338 valence electrons. The molecule has 5 heterocycles. The molecule has 2 aromatic heterocycles. The first kappa shape index (κ1) is 49.0. The van der Waals surface area contributed by atoms with Crippen molar-refractivity contribution in [2.45, 2.75) is 114 Å². The standard InChI is InChI=1S/C42H46N4O16.Ni/c1-41(17-39(59)60)23(5-9-35(51)52)29-14-27-21(11-37(55)56)19(3-7-33(47)48)25(43-27)13-26-20(4-8-34(49)50)22(12-38(57)58)28(44-26)15-31-42(2,18-40(61)62)24(6-10-36(53)54)30(46-31)16-32(41)45-29;/h13-16,23-24H,3-12,17-18H2,1-2H3,(H10,43,44,45,46,47,48,49,50,51,52,53,54,55,56,57,58,59,60,61,62);/q;+2/p-2/t23-,24-,41+,42+;/m1./s1. The molecular formula is C42H44N4NiO16. The first-order chi connectivity index (χ1) is 29.0. The van der Waals surface area contributed by atoms with Crippen molar-refractivity contribution in [3.8, 4) is 0 Å². The van der Waals surface area contributed by atoms with Gasteiger partial charge in [-0.15, -0.1) is 11.0 Å². The van der Waals surface area contributed by atoms with Gasteiger partial charge in [-0.05, 0) is 53.7 Å². The molecular weight excluding hydrogens is 875 g/mol. The smallest absolute Gasteiger partial charge is 0.664 e. The fourth-order valence-corrected chi connectivity index (χ4v) is 8.77. The maximum atomic E-state index is 12.6. The Balaban J connectivity index is 0.00000871. The van der Waals surface area contributed by atoms with Crippen LogP contribution in [0.3, 0.4) is 0 Å². The zero-order valence-electron chi connectivity index (χ0n) is 33.9. The van der Waals surface area contributed by atoms with Crippen molar-refractivity contribution >= 4 is 69.9 Å². The molecule has 0 aliphatic carbocycles. The Kier molecular flexibility index (Phi) is 15.3. The predicted molar refractivity (Wildman–Crippen MR) is 212 cm³/mol. The van der Waals surface area contributed by atoms with Crippen LogP contribution < -0.4 is 9.97 Å². The normalized spacial score (nSPS) is 19.7. The Morgan fingerprint density at radius 1 is 0.540 bits per heavy atom. The van der Waals surface area contributed by atoms with Gasteiger partial charge in [0.05, 0.1) is 37.1 Å².